The molecule has 1 saturated heterocycles. The van der Waals surface area contributed by atoms with Crippen LogP contribution in [0.1, 0.15) is 23.5 Å². The third kappa shape index (κ3) is 2.89. The lowest BCUT2D eigenvalue weighted by Gasteiger charge is -2.21. The molecular weight excluding hydrogens is 254 g/mol. The van der Waals surface area contributed by atoms with E-state index in [1.54, 1.807) is 11.3 Å². The number of rotatable bonds is 4. The van der Waals surface area contributed by atoms with Crippen molar-refractivity contribution in [1.29, 1.82) is 0 Å². The second kappa shape index (κ2) is 5.61. The summed E-state index contributed by atoms with van der Waals surface area (Å²) in [4.78, 5) is 6.96. The molecule has 0 atom stereocenters. The quantitative estimate of drug-likeness (QED) is 0.921. The average Bonchev–Trinajstić information content (AvgIpc) is 3.08. The Hall–Kier alpha value is -1.55. The molecule has 0 spiro atoms. The summed E-state index contributed by atoms with van der Waals surface area (Å²) < 4.78 is 0. The molecule has 100 valence electrons. The molecular formula is C15H19N3S. The Morgan fingerprint density at radius 2 is 2.05 bits per heavy atom. The van der Waals surface area contributed by atoms with E-state index < -0.39 is 0 Å². The van der Waals surface area contributed by atoms with E-state index in [9.17, 15) is 0 Å². The first-order valence-electron chi connectivity index (χ1n) is 6.82. The van der Waals surface area contributed by atoms with Crippen molar-refractivity contribution >= 4 is 22.7 Å². The van der Waals surface area contributed by atoms with Gasteiger partial charge >= 0.3 is 0 Å². The fourth-order valence-electron chi connectivity index (χ4n) is 2.53. The van der Waals surface area contributed by atoms with Gasteiger partial charge in [-0.15, -0.1) is 11.3 Å². The highest BCUT2D eigenvalue weighted by Gasteiger charge is 2.15. The molecule has 19 heavy (non-hydrogen) atoms. The van der Waals surface area contributed by atoms with E-state index in [1.165, 1.54) is 37.3 Å². The number of nitrogens with zero attached hydrogens (tertiary/aromatic N) is 2. The van der Waals surface area contributed by atoms with Crippen LogP contribution >= 0.6 is 11.3 Å². The molecule has 0 amide bonds. The molecule has 1 aliphatic rings. The van der Waals surface area contributed by atoms with Gasteiger partial charge < -0.3 is 10.2 Å². The SMILES string of the molecule is Cc1nc(CNc2ccccc2N2CCCC2)cs1. The van der Waals surface area contributed by atoms with E-state index in [1.807, 2.05) is 6.92 Å². The number of anilines is 2. The van der Waals surface area contributed by atoms with Gasteiger partial charge in [0.2, 0.25) is 0 Å². The van der Waals surface area contributed by atoms with Gasteiger partial charge in [0.1, 0.15) is 0 Å². The van der Waals surface area contributed by atoms with Gasteiger partial charge in [-0.3, -0.25) is 0 Å². The molecule has 3 nitrogen and oxygen atoms in total. The molecule has 0 unspecified atom stereocenters. The van der Waals surface area contributed by atoms with E-state index in [2.05, 4.69) is 44.8 Å². The standard InChI is InChI=1S/C15H19N3S/c1-12-17-13(11-19-12)10-16-14-6-2-3-7-15(14)18-8-4-5-9-18/h2-3,6-7,11,16H,4-5,8-10H2,1H3. The van der Waals surface area contributed by atoms with Gasteiger partial charge in [0, 0.05) is 18.5 Å². The van der Waals surface area contributed by atoms with E-state index in [-0.39, 0.29) is 0 Å². The molecule has 3 rings (SSSR count). The van der Waals surface area contributed by atoms with Crippen LogP contribution in [0.15, 0.2) is 29.6 Å². The van der Waals surface area contributed by atoms with E-state index in [0.29, 0.717) is 0 Å². The van der Waals surface area contributed by atoms with Crippen molar-refractivity contribution in [3.05, 3.63) is 40.3 Å². The fourth-order valence-corrected chi connectivity index (χ4v) is 3.14. The summed E-state index contributed by atoms with van der Waals surface area (Å²) >= 11 is 1.71. The number of hydrogen-bond donors (Lipinski definition) is 1. The van der Waals surface area contributed by atoms with Crippen molar-refractivity contribution in [2.24, 2.45) is 0 Å². The Morgan fingerprint density at radius 3 is 2.79 bits per heavy atom. The molecule has 2 aromatic rings. The summed E-state index contributed by atoms with van der Waals surface area (Å²) in [5.74, 6) is 0. The van der Waals surface area contributed by atoms with E-state index >= 15 is 0 Å². The lowest BCUT2D eigenvalue weighted by Crippen LogP contribution is -2.19. The highest BCUT2D eigenvalue weighted by molar-refractivity contribution is 7.09. The third-order valence-electron chi connectivity index (χ3n) is 3.48. The van der Waals surface area contributed by atoms with Crippen LogP contribution in [0.4, 0.5) is 11.4 Å². The predicted octanol–water partition coefficient (Wildman–Crippen LogP) is 3.66. The monoisotopic (exact) mass is 273 g/mol. The highest BCUT2D eigenvalue weighted by atomic mass is 32.1. The number of hydrogen-bond acceptors (Lipinski definition) is 4. The maximum absolute atomic E-state index is 4.50. The fraction of sp³-hybridized carbons (Fsp3) is 0.400. The number of benzene rings is 1. The molecule has 0 aliphatic carbocycles. The number of thiazole rings is 1. The van der Waals surface area contributed by atoms with Gasteiger partial charge in [-0.05, 0) is 31.9 Å². The summed E-state index contributed by atoms with van der Waals surface area (Å²) in [6.45, 7) is 5.20. The highest BCUT2D eigenvalue weighted by Crippen LogP contribution is 2.28. The molecule has 1 aromatic carbocycles. The lowest BCUT2D eigenvalue weighted by atomic mass is 10.2. The Morgan fingerprint density at radius 1 is 1.26 bits per heavy atom. The van der Waals surface area contributed by atoms with Gasteiger partial charge in [0.05, 0.1) is 28.6 Å². The maximum Gasteiger partial charge on any atom is 0.0898 e. The van der Waals surface area contributed by atoms with Crippen LogP contribution < -0.4 is 10.2 Å². The van der Waals surface area contributed by atoms with Crippen molar-refractivity contribution in [1.82, 2.24) is 4.98 Å². The molecule has 0 saturated carbocycles. The second-order valence-electron chi connectivity index (χ2n) is 4.92. The number of para-hydroxylation sites is 2. The van der Waals surface area contributed by atoms with E-state index in [0.717, 1.165) is 17.2 Å². The first-order chi connectivity index (χ1) is 9.33. The Balaban J connectivity index is 1.73. The zero-order valence-electron chi connectivity index (χ0n) is 11.2. The molecule has 0 radical (unpaired) electrons. The van der Waals surface area contributed by atoms with Crippen molar-refractivity contribution in [3.8, 4) is 0 Å². The minimum Gasteiger partial charge on any atom is -0.378 e. The zero-order valence-corrected chi connectivity index (χ0v) is 12.0. The number of nitrogens with one attached hydrogen (secondary N) is 1. The lowest BCUT2D eigenvalue weighted by molar-refractivity contribution is 0.949. The Labute approximate surface area is 118 Å². The first-order valence-corrected chi connectivity index (χ1v) is 7.70. The van der Waals surface area contributed by atoms with Crippen LogP contribution in [0.2, 0.25) is 0 Å². The predicted molar refractivity (Wildman–Crippen MR) is 82.1 cm³/mol. The molecule has 0 bridgehead atoms. The Bertz CT molecular complexity index is 544. The van der Waals surface area contributed by atoms with Gasteiger partial charge in [-0.1, -0.05) is 12.1 Å². The number of aryl methyl sites for hydroxylation is 1. The summed E-state index contributed by atoms with van der Waals surface area (Å²) in [6.07, 6.45) is 2.61. The zero-order chi connectivity index (χ0) is 13.1. The van der Waals surface area contributed by atoms with Crippen LogP contribution in [-0.2, 0) is 6.54 Å². The van der Waals surface area contributed by atoms with Gasteiger partial charge in [-0.25, -0.2) is 4.98 Å². The Kier molecular flexibility index (Phi) is 3.69. The van der Waals surface area contributed by atoms with Crippen molar-refractivity contribution < 1.29 is 0 Å². The molecule has 1 N–H and O–H groups in total. The molecule has 1 aromatic heterocycles. The average molecular weight is 273 g/mol. The largest absolute Gasteiger partial charge is 0.378 e. The topological polar surface area (TPSA) is 28.2 Å². The van der Waals surface area contributed by atoms with Crippen molar-refractivity contribution in [2.45, 2.75) is 26.3 Å². The van der Waals surface area contributed by atoms with Gasteiger partial charge in [-0.2, -0.15) is 0 Å². The molecule has 1 aliphatic heterocycles. The third-order valence-corrected chi connectivity index (χ3v) is 4.30. The van der Waals surface area contributed by atoms with Gasteiger partial charge in [0.15, 0.2) is 0 Å². The molecule has 2 heterocycles. The van der Waals surface area contributed by atoms with Crippen LogP contribution in [0.5, 0.6) is 0 Å². The second-order valence-corrected chi connectivity index (χ2v) is 5.98. The minimum atomic E-state index is 0.801. The van der Waals surface area contributed by atoms with Crippen LogP contribution in [0.3, 0.4) is 0 Å². The minimum absolute atomic E-state index is 0.801. The smallest absolute Gasteiger partial charge is 0.0898 e. The molecule has 4 heteroatoms. The van der Waals surface area contributed by atoms with Crippen molar-refractivity contribution in [2.75, 3.05) is 23.3 Å². The van der Waals surface area contributed by atoms with Crippen LogP contribution in [0.25, 0.3) is 0 Å². The summed E-state index contributed by atoms with van der Waals surface area (Å²) in [5, 5.41) is 6.78. The van der Waals surface area contributed by atoms with Crippen molar-refractivity contribution in [3.63, 3.8) is 0 Å². The summed E-state index contributed by atoms with van der Waals surface area (Å²) in [6, 6.07) is 8.58. The molecule has 1 fully saturated rings. The summed E-state index contributed by atoms with van der Waals surface area (Å²) in [5.41, 5.74) is 3.67. The van der Waals surface area contributed by atoms with Gasteiger partial charge in [0.25, 0.3) is 0 Å². The normalized spacial score (nSPS) is 14.9. The van der Waals surface area contributed by atoms with Crippen LogP contribution in [-0.4, -0.2) is 18.1 Å². The van der Waals surface area contributed by atoms with Crippen LogP contribution in [0, 0.1) is 6.92 Å². The first kappa shape index (κ1) is 12.5. The summed E-state index contributed by atoms with van der Waals surface area (Å²) in [7, 11) is 0. The number of aromatic nitrogens is 1. The maximum atomic E-state index is 4.50. The van der Waals surface area contributed by atoms with E-state index in [4.69, 9.17) is 0 Å².